The van der Waals surface area contributed by atoms with E-state index in [0.717, 1.165) is 6.07 Å². The second-order valence-corrected chi connectivity index (χ2v) is 6.30. The van der Waals surface area contributed by atoms with Gasteiger partial charge in [-0.1, -0.05) is 36.8 Å². The standard InChI is InChI=1S/C16H12O5.C5H11N/c1-20-15-12(19)7-10(17)14-11(18)8-13(21-16(14)15)9-5-3-2-4-6-9;1-2-4-6-5-3-1/h2-8,17,19H,1H3;6H,1-5H2. The summed E-state index contributed by atoms with van der Waals surface area (Å²) in [5.41, 5.74) is 0.314. The van der Waals surface area contributed by atoms with Gasteiger partial charge in [-0.25, -0.2) is 0 Å². The van der Waals surface area contributed by atoms with Crippen molar-refractivity contribution in [1.82, 2.24) is 5.32 Å². The molecule has 1 saturated heterocycles. The average Bonchev–Trinajstić information content (AvgIpc) is 2.70. The molecule has 2 aromatic carbocycles. The molecule has 0 aliphatic carbocycles. The molecule has 6 heteroatoms. The first-order chi connectivity index (χ1) is 13.1. The molecule has 0 amide bonds. The van der Waals surface area contributed by atoms with Gasteiger partial charge in [0.1, 0.15) is 16.9 Å². The lowest BCUT2D eigenvalue weighted by Crippen LogP contribution is -2.21. The van der Waals surface area contributed by atoms with Gasteiger partial charge in [0.2, 0.25) is 5.75 Å². The van der Waals surface area contributed by atoms with Gasteiger partial charge < -0.3 is 24.7 Å². The van der Waals surface area contributed by atoms with Crippen molar-refractivity contribution in [2.45, 2.75) is 19.3 Å². The summed E-state index contributed by atoms with van der Waals surface area (Å²) in [6.45, 7) is 2.50. The van der Waals surface area contributed by atoms with E-state index in [1.54, 1.807) is 12.1 Å². The Hall–Kier alpha value is -2.99. The summed E-state index contributed by atoms with van der Waals surface area (Å²) >= 11 is 0. The number of piperidine rings is 1. The van der Waals surface area contributed by atoms with Crippen molar-refractivity contribution in [3.05, 3.63) is 52.7 Å². The molecule has 3 N–H and O–H groups in total. The van der Waals surface area contributed by atoms with E-state index in [-0.39, 0.29) is 28.2 Å². The van der Waals surface area contributed by atoms with E-state index < -0.39 is 5.43 Å². The zero-order valence-corrected chi connectivity index (χ0v) is 15.2. The summed E-state index contributed by atoms with van der Waals surface area (Å²) in [5.74, 6) is -0.304. The number of nitrogens with one attached hydrogen (secondary N) is 1. The number of phenolic OH excluding ortho intramolecular Hbond substituents is 2. The summed E-state index contributed by atoms with van der Waals surface area (Å²) in [6.07, 6.45) is 4.22. The molecule has 2 heterocycles. The highest BCUT2D eigenvalue weighted by Gasteiger charge is 2.18. The second-order valence-electron chi connectivity index (χ2n) is 6.30. The maximum Gasteiger partial charge on any atom is 0.204 e. The largest absolute Gasteiger partial charge is 0.507 e. The summed E-state index contributed by atoms with van der Waals surface area (Å²) in [6, 6.07) is 11.4. The molecule has 6 nitrogen and oxygen atoms in total. The Kier molecular flexibility index (Phi) is 5.98. The van der Waals surface area contributed by atoms with Crippen LogP contribution in [-0.2, 0) is 0 Å². The molecule has 3 aromatic rings. The third kappa shape index (κ3) is 4.23. The number of rotatable bonds is 2. The second kappa shape index (κ2) is 8.60. The quantitative estimate of drug-likeness (QED) is 0.639. The molecule has 1 aromatic heterocycles. The van der Waals surface area contributed by atoms with Crippen LogP contribution in [0.3, 0.4) is 0 Å². The Morgan fingerprint density at radius 2 is 1.70 bits per heavy atom. The maximum absolute atomic E-state index is 12.2. The van der Waals surface area contributed by atoms with Gasteiger partial charge in [-0.05, 0) is 25.9 Å². The lowest BCUT2D eigenvalue weighted by atomic mass is 10.1. The predicted octanol–water partition coefficient (Wildman–Crippen LogP) is 3.64. The molecule has 1 fully saturated rings. The summed E-state index contributed by atoms with van der Waals surface area (Å²) in [4.78, 5) is 12.2. The molecule has 0 atom stereocenters. The number of aromatic hydroxyl groups is 2. The van der Waals surface area contributed by atoms with E-state index in [9.17, 15) is 15.0 Å². The minimum absolute atomic E-state index is 0.0117. The highest BCUT2D eigenvalue weighted by Crippen LogP contribution is 2.40. The third-order valence-corrected chi connectivity index (χ3v) is 4.39. The molecule has 0 bridgehead atoms. The van der Waals surface area contributed by atoms with Crippen molar-refractivity contribution in [2.24, 2.45) is 0 Å². The summed E-state index contributed by atoms with van der Waals surface area (Å²) in [7, 11) is 1.35. The molecule has 0 saturated carbocycles. The number of hydrogen-bond donors (Lipinski definition) is 3. The van der Waals surface area contributed by atoms with Gasteiger partial charge >= 0.3 is 0 Å². The third-order valence-electron chi connectivity index (χ3n) is 4.39. The summed E-state index contributed by atoms with van der Waals surface area (Å²) < 4.78 is 10.7. The van der Waals surface area contributed by atoms with Gasteiger partial charge in [-0.2, -0.15) is 0 Å². The number of ether oxygens (including phenoxy) is 1. The van der Waals surface area contributed by atoms with Crippen LogP contribution in [0.2, 0.25) is 0 Å². The van der Waals surface area contributed by atoms with Crippen molar-refractivity contribution >= 4 is 11.0 Å². The first kappa shape index (κ1) is 18.8. The topological polar surface area (TPSA) is 91.9 Å². The molecule has 1 aliphatic heterocycles. The van der Waals surface area contributed by atoms with Crippen LogP contribution in [0.25, 0.3) is 22.3 Å². The Bertz CT molecular complexity index is 950. The van der Waals surface area contributed by atoms with Crippen molar-refractivity contribution in [2.75, 3.05) is 20.2 Å². The van der Waals surface area contributed by atoms with Gasteiger partial charge in [-0.15, -0.1) is 0 Å². The lowest BCUT2D eigenvalue weighted by molar-refractivity contribution is 0.367. The van der Waals surface area contributed by atoms with E-state index in [1.165, 1.54) is 45.5 Å². The fourth-order valence-corrected chi connectivity index (χ4v) is 3.02. The van der Waals surface area contributed by atoms with Crippen LogP contribution in [0.15, 0.2) is 51.7 Å². The fourth-order valence-electron chi connectivity index (χ4n) is 3.02. The van der Waals surface area contributed by atoms with Gasteiger partial charge in [-0.3, -0.25) is 4.79 Å². The number of methoxy groups -OCH3 is 1. The molecule has 0 unspecified atom stereocenters. The Balaban J connectivity index is 0.000000299. The van der Waals surface area contributed by atoms with E-state index >= 15 is 0 Å². The number of fused-ring (bicyclic) bond motifs is 1. The molecular formula is C21H23NO5. The van der Waals surface area contributed by atoms with E-state index in [4.69, 9.17) is 9.15 Å². The summed E-state index contributed by atoms with van der Waals surface area (Å²) in [5, 5.41) is 22.9. The minimum atomic E-state index is -0.411. The molecule has 0 radical (unpaired) electrons. The smallest absolute Gasteiger partial charge is 0.204 e. The molecule has 1 aliphatic rings. The van der Waals surface area contributed by atoms with Crippen molar-refractivity contribution in [1.29, 1.82) is 0 Å². The van der Waals surface area contributed by atoms with Crippen LogP contribution in [0.1, 0.15) is 19.3 Å². The average molecular weight is 369 g/mol. The number of phenols is 2. The van der Waals surface area contributed by atoms with Crippen LogP contribution >= 0.6 is 0 Å². The predicted molar refractivity (Wildman–Crippen MR) is 105 cm³/mol. The first-order valence-corrected chi connectivity index (χ1v) is 8.94. The molecule has 0 spiro atoms. The van der Waals surface area contributed by atoms with Crippen LogP contribution < -0.4 is 15.5 Å². The normalized spacial score (nSPS) is 13.7. The van der Waals surface area contributed by atoms with Crippen molar-refractivity contribution in [3.8, 4) is 28.6 Å². The monoisotopic (exact) mass is 369 g/mol. The maximum atomic E-state index is 12.2. The van der Waals surface area contributed by atoms with Crippen molar-refractivity contribution in [3.63, 3.8) is 0 Å². The molecular weight excluding hydrogens is 346 g/mol. The van der Waals surface area contributed by atoms with Gasteiger partial charge in [0.15, 0.2) is 16.8 Å². The zero-order valence-electron chi connectivity index (χ0n) is 15.2. The Labute approximate surface area is 157 Å². The van der Waals surface area contributed by atoms with Gasteiger partial charge in [0.05, 0.1) is 7.11 Å². The van der Waals surface area contributed by atoms with E-state index in [1.807, 2.05) is 18.2 Å². The van der Waals surface area contributed by atoms with Crippen LogP contribution in [0, 0.1) is 0 Å². The number of benzene rings is 2. The minimum Gasteiger partial charge on any atom is -0.507 e. The Morgan fingerprint density at radius 1 is 1.00 bits per heavy atom. The highest BCUT2D eigenvalue weighted by atomic mass is 16.5. The fraction of sp³-hybridized carbons (Fsp3) is 0.286. The van der Waals surface area contributed by atoms with Gasteiger partial charge in [0, 0.05) is 17.7 Å². The SMILES string of the molecule is C1CCNCC1.COc1c(O)cc(O)c2c(=O)cc(-c3ccccc3)oc12. The lowest BCUT2D eigenvalue weighted by Gasteiger charge is -2.09. The Morgan fingerprint density at radius 3 is 2.26 bits per heavy atom. The highest BCUT2D eigenvalue weighted by molar-refractivity contribution is 5.91. The van der Waals surface area contributed by atoms with Crippen LogP contribution in [-0.4, -0.2) is 30.4 Å². The van der Waals surface area contributed by atoms with E-state index in [2.05, 4.69) is 5.32 Å². The first-order valence-electron chi connectivity index (χ1n) is 8.94. The molecule has 27 heavy (non-hydrogen) atoms. The molecule has 4 rings (SSSR count). The zero-order chi connectivity index (χ0) is 19.2. The van der Waals surface area contributed by atoms with Gasteiger partial charge in [0.25, 0.3) is 0 Å². The number of hydrogen-bond acceptors (Lipinski definition) is 6. The van der Waals surface area contributed by atoms with E-state index in [0.29, 0.717) is 11.3 Å². The van der Waals surface area contributed by atoms with Crippen LogP contribution in [0.5, 0.6) is 17.2 Å². The molecule has 142 valence electrons. The van der Waals surface area contributed by atoms with Crippen LogP contribution in [0.4, 0.5) is 0 Å². The van der Waals surface area contributed by atoms with Crippen molar-refractivity contribution < 1.29 is 19.4 Å².